The van der Waals surface area contributed by atoms with E-state index in [9.17, 15) is 15.8 Å². The first kappa shape index (κ1) is 46.1. The van der Waals surface area contributed by atoms with Crippen molar-refractivity contribution in [2.75, 3.05) is 0 Å². The smallest absolute Gasteiger partial charge is 0.189 e. The van der Waals surface area contributed by atoms with Gasteiger partial charge < -0.3 is 9.13 Å². The number of fused-ring (bicyclic) bond motifs is 6. The lowest BCUT2D eigenvalue weighted by Crippen LogP contribution is -2.04. The van der Waals surface area contributed by atoms with Gasteiger partial charge in [0.2, 0.25) is 0 Å². The van der Waals surface area contributed by atoms with E-state index in [1.165, 1.54) is 0 Å². The minimum absolute atomic E-state index is 0.390. The first-order valence-corrected chi connectivity index (χ1v) is 24.9. The van der Waals surface area contributed by atoms with Crippen LogP contribution in [0.5, 0.6) is 0 Å². The Morgan fingerprint density at radius 1 is 0.333 bits per heavy atom. The summed E-state index contributed by atoms with van der Waals surface area (Å²) in [6.07, 6.45) is 0. The summed E-state index contributed by atoms with van der Waals surface area (Å²) in [5.41, 5.74) is 14.6. The maximum absolute atomic E-state index is 10.7. The number of nitrogens with zero attached hydrogens (tertiary/aromatic N) is 10. The molecule has 10 nitrogen and oxygen atoms in total. The van der Waals surface area contributed by atoms with E-state index in [1.807, 2.05) is 140 Å². The van der Waals surface area contributed by atoms with Crippen molar-refractivity contribution >= 4 is 55.0 Å². The molecule has 10 heteroatoms. The lowest BCUT2D eigenvalue weighted by Gasteiger charge is -2.19. The van der Waals surface area contributed by atoms with Crippen LogP contribution in [0.25, 0.3) is 132 Å². The highest BCUT2D eigenvalue weighted by molar-refractivity contribution is 6.12. The summed E-state index contributed by atoms with van der Waals surface area (Å²) >= 11 is 0. The van der Waals surface area contributed by atoms with E-state index in [4.69, 9.17) is 28.1 Å². The molecule has 0 fully saturated rings. The van der Waals surface area contributed by atoms with E-state index in [0.29, 0.717) is 51.1 Å². The Morgan fingerprint density at radius 2 is 0.821 bits per heavy atom. The van der Waals surface area contributed by atoms with E-state index < -0.39 is 0 Å². The molecular weight excluding hydrogens is 957 g/mol. The lowest BCUT2D eigenvalue weighted by atomic mass is 9.94. The predicted molar refractivity (Wildman–Crippen MR) is 308 cm³/mol. The van der Waals surface area contributed by atoms with Crippen LogP contribution in [-0.4, -0.2) is 24.1 Å². The average molecular weight is 993 g/mol. The molecule has 0 bridgehead atoms. The Hall–Kier alpha value is -11.7. The summed E-state index contributed by atoms with van der Waals surface area (Å²) in [5, 5.41) is 34.5. The van der Waals surface area contributed by atoms with Gasteiger partial charge in [0, 0.05) is 60.6 Å². The summed E-state index contributed by atoms with van der Waals surface area (Å²) in [6.45, 7) is 15.5. The minimum atomic E-state index is 0.390. The number of hydrogen-bond donors (Lipinski definition) is 0. The number of nitriles is 3. The van der Waals surface area contributed by atoms with Gasteiger partial charge in [0.15, 0.2) is 28.8 Å². The van der Waals surface area contributed by atoms with E-state index in [1.54, 1.807) is 12.1 Å². The van der Waals surface area contributed by atoms with Gasteiger partial charge in [0.25, 0.3) is 0 Å². The molecule has 0 saturated carbocycles. The molecule has 0 aliphatic carbocycles. The number of hydrogen-bond acceptors (Lipinski definition) is 6. The van der Waals surface area contributed by atoms with Crippen molar-refractivity contribution in [3.05, 3.63) is 258 Å². The number of benzene rings is 10. The summed E-state index contributed by atoms with van der Waals surface area (Å²) in [4.78, 5) is 22.9. The molecule has 0 radical (unpaired) electrons. The third kappa shape index (κ3) is 7.91. The van der Waals surface area contributed by atoms with Crippen LogP contribution in [-0.2, 0) is 0 Å². The fraction of sp³-hybridized carbons (Fsp3) is 0. The Morgan fingerprint density at radius 3 is 1.36 bits per heavy atom. The molecule has 13 aromatic rings. The van der Waals surface area contributed by atoms with Gasteiger partial charge in [-0.15, -0.1) is 0 Å². The van der Waals surface area contributed by atoms with Crippen molar-refractivity contribution in [1.29, 1.82) is 15.8 Å². The second-order valence-corrected chi connectivity index (χ2v) is 18.8. The number of aromatic nitrogens is 5. The Labute approximate surface area is 447 Å². The Bertz CT molecular complexity index is 4740. The minimum Gasteiger partial charge on any atom is -0.309 e. The summed E-state index contributed by atoms with van der Waals surface area (Å²) in [7, 11) is 0. The maximum atomic E-state index is 10.7. The van der Waals surface area contributed by atoms with Crippen molar-refractivity contribution in [1.82, 2.24) is 24.1 Å². The van der Waals surface area contributed by atoms with Crippen molar-refractivity contribution in [3.8, 4) is 97.1 Å². The Kier molecular flexibility index (Phi) is 11.2. The van der Waals surface area contributed by atoms with E-state index >= 15 is 0 Å². The van der Waals surface area contributed by atoms with Gasteiger partial charge in [0.1, 0.15) is 0 Å². The van der Waals surface area contributed by atoms with Crippen molar-refractivity contribution in [3.63, 3.8) is 0 Å². The van der Waals surface area contributed by atoms with Gasteiger partial charge in [-0.1, -0.05) is 109 Å². The molecule has 0 atom stereocenters. The molecule has 78 heavy (non-hydrogen) atoms. The molecule has 0 spiro atoms. The van der Waals surface area contributed by atoms with Crippen molar-refractivity contribution in [2.24, 2.45) is 0 Å². The van der Waals surface area contributed by atoms with Crippen molar-refractivity contribution in [2.45, 2.75) is 0 Å². The van der Waals surface area contributed by atoms with Gasteiger partial charge in [-0.3, -0.25) is 0 Å². The molecule has 3 heterocycles. The van der Waals surface area contributed by atoms with Crippen LogP contribution in [0.3, 0.4) is 0 Å². The zero-order chi connectivity index (χ0) is 52.9. The van der Waals surface area contributed by atoms with Gasteiger partial charge in [0.05, 0.1) is 64.7 Å². The maximum Gasteiger partial charge on any atom is 0.189 e. The van der Waals surface area contributed by atoms with Gasteiger partial charge >= 0.3 is 0 Å². The van der Waals surface area contributed by atoms with Crippen LogP contribution in [0.15, 0.2) is 218 Å². The first-order chi connectivity index (χ1) is 38.4. The molecular formula is C68H36N10. The highest BCUT2D eigenvalue weighted by Crippen LogP contribution is 2.44. The molecule has 0 aliphatic heterocycles. The summed E-state index contributed by atoms with van der Waals surface area (Å²) in [6, 6.07) is 78.1. The van der Waals surface area contributed by atoms with E-state index in [2.05, 4.69) is 104 Å². The molecule has 0 amide bonds. The van der Waals surface area contributed by atoms with Crippen LogP contribution in [0, 0.1) is 47.1 Å². The quantitative estimate of drug-likeness (QED) is 0.139. The molecule has 3 aromatic heterocycles. The predicted octanol–water partition coefficient (Wildman–Crippen LogP) is 16.8. The molecule has 358 valence electrons. The van der Waals surface area contributed by atoms with Crippen LogP contribution < -0.4 is 0 Å². The average Bonchev–Trinajstić information content (AvgIpc) is 4.25. The van der Waals surface area contributed by atoms with Crippen LogP contribution >= 0.6 is 0 Å². The lowest BCUT2D eigenvalue weighted by molar-refractivity contribution is 1.07. The van der Waals surface area contributed by atoms with E-state index in [-0.39, 0.29) is 0 Å². The molecule has 0 N–H and O–H groups in total. The SMILES string of the molecule is [C-]#[N+]c1cc(C#N)cc(-c2ccc3c(c2)c2ccccc2n3-c2ccc(-c3nc(-c4ccccc4)nc(-c4ccccc4)n3)c(-c3cc(C#N)ccc3-n3c4ccccc4c4cc(-c5cc(C#N)cc([N+]#[C-])c5)ccc43)c2)c1. The topological polar surface area (TPSA) is 129 Å². The largest absolute Gasteiger partial charge is 0.309 e. The monoisotopic (exact) mass is 992 g/mol. The third-order valence-corrected chi connectivity index (χ3v) is 14.2. The van der Waals surface area contributed by atoms with Crippen LogP contribution in [0.1, 0.15) is 16.7 Å². The fourth-order valence-electron chi connectivity index (χ4n) is 10.7. The summed E-state index contributed by atoms with van der Waals surface area (Å²) < 4.78 is 4.48. The van der Waals surface area contributed by atoms with Gasteiger partial charge in [-0.05, 0) is 137 Å². The van der Waals surface area contributed by atoms with Crippen LogP contribution in [0.2, 0.25) is 0 Å². The highest BCUT2D eigenvalue weighted by Gasteiger charge is 2.24. The van der Waals surface area contributed by atoms with Gasteiger partial charge in [-0.25, -0.2) is 24.6 Å². The molecule has 0 unspecified atom stereocenters. The second kappa shape index (κ2) is 18.9. The Balaban J connectivity index is 1.09. The molecule has 0 aliphatic rings. The fourth-order valence-corrected chi connectivity index (χ4v) is 10.7. The standard InChI is InChI=1S/C68H36N10/c1-72-51-31-43(40-70)29-49(34-51)47-22-27-63-59(36-47)54-17-9-11-19-61(54)77(63)53-24-25-56(68-75-66(45-13-5-3-6-14-45)74-67(76-68)46-15-7-4-8-16-46)57(38-53)58-33-42(39-69)21-26-64(58)78-62-20-12-10-18-55(62)60-37-48(23-28-65(60)78)50-30-44(41-71)32-52(35-50)73-2/h3-38H. The van der Waals surface area contributed by atoms with Crippen molar-refractivity contribution < 1.29 is 0 Å². The highest BCUT2D eigenvalue weighted by atomic mass is 15.0. The number of rotatable bonds is 8. The molecule has 0 saturated heterocycles. The number of para-hydroxylation sites is 2. The second-order valence-electron chi connectivity index (χ2n) is 18.8. The summed E-state index contributed by atoms with van der Waals surface area (Å²) in [5.74, 6) is 1.45. The zero-order valence-electron chi connectivity index (χ0n) is 41.3. The zero-order valence-corrected chi connectivity index (χ0v) is 41.3. The van der Waals surface area contributed by atoms with Gasteiger partial charge in [-0.2, -0.15) is 15.8 Å². The molecule has 13 rings (SSSR count). The van der Waals surface area contributed by atoms with E-state index in [0.717, 1.165) is 99.5 Å². The third-order valence-electron chi connectivity index (χ3n) is 14.2. The van der Waals surface area contributed by atoms with Crippen LogP contribution in [0.4, 0.5) is 11.4 Å². The molecule has 10 aromatic carbocycles. The first-order valence-electron chi connectivity index (χ1n) is 24.9. The normalized spacial score (nSPS) is 11.0.